The van der Waals surface area contributed by atoms with Crippen molar-refractivity contribution in [3.05, 3.63) is 21.7 Å². The first-order chi connectivity index (χ1) is 8.47. The normalized spacial score (nSPS) is 16.4. The maximum atomic E-state index is 11.4. The van der Waals surface area contributed by atoms with Gasteiger partial charge < -0.3 is 14.9 Å². The van der Waals surface area contributed by atoms with Crippen LogP contribution in [0.15, 0.2) is 10.5 Å². The first-order valence-electron chi connectivity index (χ1n) is 5.80. The molecule has 0 spiro atoms. The van der Waals surface area contributed by atoms with Crippen LogP contribution in [0.1, 0.15) is 30.9 Å². The van der Waals surface area contributed by atoms with Crippen LogP contribution in [-0.4, -0.2) is 23.3 Å². The standard InChI is InChI=1S/C13H15BrO4/c1-3-7-6-8(18-2)11(15)9(10(7)14)13(4-5-13)12(16)17/h6,15H,3-5H2,1-2H3,(H,16,17). The second-order valence-electron chi connectivity index (χ2n) is 4.52. The molecule has 1 aromatic rings. The number of carboxylic acid groups (broad SMARTS) is 1. The Morgan fingerprint density at radius 1 is 1.56 bits per heavy atom. The van der Waals surface area contributed by atoms with Gasteiger partial charge in [-0.15, -0.1) is 0 Å². The van der Waals surface area contributed by atoms with Crippen molar-refractivity contribution in [1.29, 1.82) is 0 Å². The van der Waals surface area contributed by atoms with Gasteiger partial charge >= 0.3 is 5.97 Å². The number of hydrogen-bond donors (Lipinski definition) is 2. The number of phenols is 1. The molecule has 0 saturated heterocycles. The zero-order chi connectivity index (χ0) is 13.5. The number of aryl methyl sites for hydroxylation is 1. The fourth-order valence-electron chi connectivity index (χ4n) is 2.22. The molecule has 0 aromatic heterocycles. The summed E-state index contributed by atoms with van der Waals surface area (Å²) < 4.78 is 5.81. The van der Waals surface area contributed by atoms with E-state index in [0.717, 1.165) is 12.0 Å². The van der Waals surface area contributed by atoms with Crippen molar-refractivity contribution in [2.45, 2.75) is 31.6 Å². The average Bonchev–Trinajstić information content (AvgIpc) is 3.11. The van der Waals surface area contributed by atoms with Gasteiger partial charge in [0.25, 0.3) is 0 Å². The maximum absolute atomic E-state index is 11.4. The molecule has 0 amide bonds. The second kappa shape index (κ2) is 4.46. The highest BCUT2D eigenvalue weighted by atomic mass is 79.9. The van der Waals surface area contributed by atoms with Crippen LogP contribution >= 0.6 is 15.9 Å². The largest absolute Gasteiger partial charge is 0.504 e. The van der Waals surface area contributed by atoms with Gasteiger partial charge in [0.1, 0.15) is 0 Å². The lowest BCUT2D eigenvalue weighted by Gasteiger charge is -2.19. The predicted octanol–water partition coefficient (Wildman–Crippen LogP) is 2.84. The first kappa shape index (κ1) is 13.2. The Balaban J connectivity index is 2.69. The number of carbonyl (C=O) groups is 1. The maximum Gasteiger partial charge on any atom is 0.314 e. The third kappa shape index (κ3) is 1.77. The Kier molecular flexibility index (Phi) is 3.27. The molecule has 0 unspecified atom stereocenters. The van der Waals surface area contributed by atoms with E-state index in [1.807, 2.05) is 6.92 Å². The van der Waals surface area contributed by atoms with Gasteiger partial charge in [0.05, 0.1) is 12.5 Å². The fraction of sp³-hybridized carbons (Fsp3) is 0.462. The minimum absolute atomic E-state index is 0.0681. The number of hydrogen-bond acceptors (Lipinski definition) is 3. The summed E-state index contributed by atoms with van der Waals surface area (Å²) in [7, 11) is 1.46. The number of carboxylic acids is 1. The van der Waals surface area contributed by atoms with Crippen LogP contribution in [0.25, 0.3) is 0 Å². The van der Waals surface area contributed by atoms with Crippen LogP contribution < -0.4 is 4.74 Å². The van der Waals surface area contributed by atoms with Gasteiger partial charge in [0, 0.05) is 10.0 Å². The van der Waals surface area contributed by atoms with E-state index >= 15 is 0 Å². The number of ether oxygens (including phenoxy) is 1. The van der Waals surface area contributed by atoms with E-state index in [0.29, 0.717) is 28.6 Å². The zero-order valence-electron chi connectivity index (χ0n) is 10.3. The number of benzene rings is 1. The Hall–Kier alpha value is -1.23. The lowest BCUT2D eigenvalue weighted by molar-refractivity contribution is -0.140. The number of aromatic hydroxyl groups is 1. The molecular formula is C13H15BrO4. The molecule has 5 heteroatoms. The molecule has 1 saturated carbocycles. The summed E-state index contributed by atoms with van der Waals surface area (Å²) in [4.78, 5) is 11.4. The summed E-state index contributed by atoms with van der Waals surface area (Å²) in [6, 6.07) is 1.74. The molecule has 4 nitrogen and oxygen atoms in total. The molecule has 0 aliphatic heterocycles. The van der Waals surface area contributed by atoms with Crippen LogP contribution in [0.5, 0.6) is 11.5 Å². The molecule has 1 aliphatic carbocycles. The van der Waals surface area contributed by atoms with Gasteiger partial charge in [-0.3, -0.25) is 4.79 Å². The molecular weight excluding hydrogens is 300 g/mol. The summed E-state index contributed by atoms with van der Waals surface area (Å²) in [5.41, 5.74) is 0.430. The zero-order valence-corrected chi connectivity index (χ0v) is 11.9. The van der Waals surface area contributed by atoms with Crippen molar-refractivity contribution in [3.8, 4) is 11.5 Å². The van der Waals surface area contributed by atoms with Gasteiger partial charge in [-0.1, -0.05) is 22.9 Å². The van der Waals surface area contributed by atoms with E-state index in [1.165, 1.54) is 7.11 Å². The minimum atomic E-state index is -0.957. The lowest BCUT2D eigenvalue weighted by atomic mass is 9.92. The first-order valence-corrected chi connectivity index (χ1v) is 6.59. The molecule has 0 heterocycles. The van der Waals surface area contributed by atoms with Crippen LogP contribution in [0.3, 0.4) is 0 Å². The Morgan fingerprint density at radius 2 is 2.17 bits per heavy atom. The highest BCUT2D eigenvalue weighted by Gasteiger charge is 2.55. The minimum Gasteiger partial charge on any atom is -0.504 e. The number of halogens is 1. The van der Waals surface area contributed by atoms with E-state index < -0.39 is 11.4 Å². The van der Waals surface area contributed by atoms with Crippen molar-refractivity contribution in [3.63, 3.8) is 0 Å². The second-order valence-corrected chi connectivity index (χ2v) is 5.31. The molecule has 0 bridgehead atoms. The van der Waals surface area contributed by atoms with Crippen LogP contribution in [0.4, 0.5) is 0 Å². The summed E-state index contributed by atoms with van der Waals surface area (Å²) in [5.74, 6) is -0.632. The van der Waals surface area contributed by atoms with Gasteiger partial charge in [-0.2, -0.15) is 0 Å². The van der Waals surface area contributed by atoms with Crippen LogP contribution in [0, 0.1) is 0 Å². The highest BCUT2D eigenvalue weighted by molar-refractivity contribution is 9.10. The Morgan fingerprint density at radius 3 is 2.56 bits per heavy atom. The molecule has 2 N–H and O–H groups in total. The summed E-state index contributed by atoms with van der Waals surface area (Å²) >= 11 is 3.42. The van der Waals surface area contributed by atoms with Crippen LogP contribution in [-0.2, 0) is 16.6 Å². The van der Waals surface area contributed by atoms with E-state index in [4.69, 9.17) is 4.74 Å². The lowest BCUT2D eigenvalue weighted by Crippen LogP contribution is -2.21. The van der Waals surface area contributed by atoms with E-state index in [-0.39, 0.29) is 5.75 Å². The van der Waals surface area contributed by atoms with Crippen molar-refractivity contribution in [2.75, 3.05) is 7.11 Å². The fourth-order valence-corrected chi connectivity index (χ4v) is 3.19. The van der Waals surface area contributed by atoms with Crippen molar-refractivity contribution in [2.24, 2.45) is 0 Å². The quantitative estimate of drug-likeness (QED) is 0.896. The topological polar surface area (TPSA) is 66.8 Å². The molecule has 2 rings (SSSR count). The van der Waals surface area contributed by atoms with Gasteiger partial charge in [-0.05, 0) is 30.9 Å². The third-order valence-corrected chi connectivity index (χ3v) is 4.42. The monoisotopic (exact) mass is 314 g/mol. The molecule has 1 fully saturated rings. The summed E-state index contributed by atoms with van der Waals surface area (Å²) in [5, 5.41) is 19.6. The molecule has 1 aliphatic rings. The molecule has 98 valence electrons. The van der Waals surface area contributed by atoms with Gasteiger partial charge in [-0.25, -0.2) is 0 Å². The highest BCUT2D eigenvalue weighted by Crippen LogP contribution is 2.56. The predicted molar refractivity (Wildman–Crippen MR) is 70.3 cm³/mol. The van der Waals surface area contributed by atoms with Gasteiger partial charge in [0.15, 0.2) is 11.5 Å². The Labute approximate surface area is 114 Å². The smallest absolute Gasteiger partial charge is 0.314 e. The Bertz CT molecular complexity index is 478. The SMILES string of the molecule is CCc1cc(OC)c(O)c(C2(C(=O)O)CC2)c1Br. The summed E-state index contributed by atoms with van der Waals surface area (Å²) in [6.07, 6.45) is 1.83. The van der Waals surface area contributed by atoms with E-state index in [1.54, 1.807) is 6.07 Å². The van der Waals surface area contributed by atoms with Crippen LogP contribution in [0.2, 0.25) is 0 Å². The van der Waals surface area contributed by atoms with Crippen molar-refractivity contribution >= 4 is 21.9 Å². The molecule has 18 heavy (non-hydrogen) atoms. The van der Waals surface area contributed by atoms with Crippen molar-refractivity contribution < 1.29 is 19.7 Å². The number of aliphatic carboxylic acids is 1. The van der Waals surface area contributed by atoms with E-state index in [2.05, 4.69) is 15.9 Å². The number of phenolic OH excluding ortho intramolecular Hbond substituents is 1. The van der Waals surface area contributed by atoms with Gasteiger partial charge in [0.2, 0.25) is 0 Å². The number of rotatable bonds is 4. The molecule has 0 radical (unpaired) electrons. The summed E-state index contributed by atoms with van der Waals surface area (Å²) in [6.45, 7) is 1.97. The number of methoxy groups -OCH3 is 1. The molecule has 1 aromatic carbocycles. The third-order valence-electron chi connectivity index (χ3n) is 3.52. The van der Waals surface area contributed by atoms with Crippen molar-refractivity contribution in [1.82, 2.24) is 0 Å². The van der Waals surface area contributed by atoms with E-state index in [9.17, 15) is 15.0 Å². The average molecular weight is 315 g/mol. The molecule has 0 atom stereocenters.